The predicted octanol–water partition coefficient (Wildman–Crippen LogP) is -0.175. The molecule has 0 aromatic carbocycles. The Labute approximate surface area is 74.9 Å². The van der Waals surface area contributed by atoms with Gasteiger partial charge in [-0.3, -0.25) is 4.79 Å². The SMILES string of the molecule is CC(=O)Nc1cnn(CCC=O)n1. The Balaban J connectivity index is 2.53. The summed E-state index contributed by atoms with van der Waals surface area (Å²) >= 11 is 0. The summed E-state index contributed by atoms with van der Waals surface area (Å²) < 4.78 is 0. The van der Waals surface area contributed by atoms with E-state index in [4.69, 9.17) is 0 Å². The largest absolute Gasteiger partial charge is 0.308 e. The topological polar surface area (TPSA) is 76.9 Å². The van der Waals surface area contributed by atoms with Crippen molar-refractivity contribution in [3.05, 3.63) is 6.20 Å². The van der Waals surface area contributed by atoms with E-state index in [1.54, 1.807) is 0 Å². The van der Waals surface area contributed by atoms with Gasteiger partial charge in [-0.1, -0.05) is 0 Å². The van der Waals surface area contributed by atoms with Gasteiger partial charge in [-0.25, -0.2) is 0 Å². The number of rotatable bonds is 4. The lowest BCUT2D eigenvalue weighted by atomic mass is 10.5. The molecule has 1 aromatic rings. The van der Waals surface area contributed by atoms with Gasteiger partial charge in [-0.05, 0) is 0 Å². The smallest absolute Gasteiger partial charge is 0.222 e. The monoisotopic (exact) mass is 182 g/mol. The van der Waals surface area contributed by atoms with Crippen LogP contribution in [0.15, 0.2) is 6.20 Å². The number of aromatic nitrogens is 3. The van der Waals surface area contributed by atoms with Crippen molar-refractivity contribution in [2.45, 2.75) is 19.9 Å². The quantitative estimate of drug-likeness (QED) is 0.655. The van der Waals surface area contributed by atoms with Crippen LogP contribution in [-0.2, 0) is 16.1 Å². The van der Waals surface area contributed by atoms with Crippen molar-refractivity contribution in [2.75, 3.05) is 5.32 Å². The number of hydrogen-bond acceptors (Lipinski definition) is 4. The molecule has 0 aliphatic carbocycles. The van der Waals surface area contributed by atoms with Crippen LogP contribution in [0.4, 0.5) is 5.82 Å². The molecule has 1 amide bonds. The van der Waals surface area contributed by atoms with Gasteiger partial charge in [0, 0.05) is 13.3 Å². The number of amides is 1. The summed E-state index contributed by atoms with van der Waals surface area (Å²) in [6, 6.07) is 0. The lowest BCUT2D eigenvalue weighted by molar-refractivity contribution is -0.114. The van der Waals surface area contributed by atoms with Crippen molar-refractivity contribution in [2.24, 2.45) is 0 Å². The van der Waals surface area contributed by atoms with Crippen molar-refractivity contribution in [3.63, 3.8) is 0 Å². The Morgan fingerprint density at radius 1 is 1.77 bits per heavy atom. The van der Waals surface area contributed by atoms with Crippen molar-refractivity contribution in [1.82, 2.24) is 15.0 Å². The standard InChI is InChI=1S/C7H10N4O2/c1-6(13)9-7-5-8-11(10-7)3-2-4-12/h4-5H,2-3H2,1H3,(H,9,10,13). The Kier molecular flexibility index (Phi) is 3.13. The van der Waals surface area contributed by atoms with Gasteiger partial charge in [0.15, 0.2) is 5.82 Å². The molecular weight excluding hydrogens is 172 g/mol. The van der Waals surface area contributed by atoms with E-state index in [0.717, 1.165) is 6.29 Å². The summed E-state index contributed by atoms with van der Waals surface area (Å²) in [7, 11) is 0. The second-order valence-electron chi connectivity index (χ2n) is 2.46. The molecule has 6 heteroatoms. The molecule has 0 saturated carbocycles. The molecule has 13 heavy (non-hydrogen) atoms. The minimum atomic E-state index is -0.192. The Morgan fingerprint density at radius 2 is 2.54 bits per heavy atom. The molecule has 0 spiro atoms. The van der Waals surface area contributed by atoms with Gasteiger partial charge in [0.05, 0.1) is 12.7 Å². The number of aryl methyl sites for hydroxylation is 1. The van der Waals surface area contributed by atoms with E-state index in [1.807, 2.05) is 0 Å². The second kappa shape index (κ2) is 4.34. The highest BCUT2D eigenvalue weighted by atomic mass is 16.1. The zero-order chi connectivity index (χ0) is 9.68. The number of carbonyl (C=O) groups is 2. The summed E-state index contributed by atoms with van der Waals surface area (Å²) in [5.74, 6) is 0.209. The van der Waals surface area contributed by atoms with Crippen LogP contribution in [0.5, 0.6) is 0 Å². The molecule has 0 unspecified atom stereocenters. The molecule has 0 fully saturated rings. The third-order valence-corrected chi connectivity index (χ3v) is 1.29. The molecule has 0 atom stereocenters. The van der Waals surface area contributed by atoms with Crippen LogP contribution in [0.1, 0.15) is 13.3 Å². The first-order chi connectivity index (χ1) is 6.22. The summed E-state index contributed by atoms with van der Waals surface area (Å²) in [5, 5.41) is 10.2. The van der Waals surface area contributed by atoms with Crippen molar-refractivity contribution in [3.8, 4) is 0 Å². The van der Waals surface area contributed by atoms with Gasteiger partial charge >= 0.3 is 0 Å². The molecule has 0 aliphatic heterocycles. The van der Waals surface area contributed by atoms with Crippen LogP contribution in [0.25, 0.3) is 0 Å². The zero-order valence-corrected chi connectivity index (χ0v) is 7.23. The normalized spacial score (nSPS) is 9.62. The Hall–Kier alpha value is -1.72. The van der Waals surface area contributed by atoms with E-state index in [-0.39, 0.29) is 5.91 Å². The molecule has 0 saturated heterocycles. The minimum absolute atomic E-state index is 0.192. The van der Waals surface area contributed by atoms with Gasteiger partial charge in [0.1, 0.15) is 6.29 Å². The van der Waals surface area contributed by atoms with Crippen LogP contribution in [-0.4, -0.2) is 27.2 Å². The van der Waals surface area contributed by atoms with Crippen LogP contribution in [0.3, 0.4) is 0 Å². The lowest BCUT2D eigenvalue weighted by Gasteiger charge is -1.94. The lowest BCUT2D eigenvalue weighted by Crippen LogP contribution is -2.08. The summed E-state index contributed by atoms with van der Waals surface area (Å²) in [6.07, 6.45) is 2.60. The van der Waals surface area contributed by atoms with E-state index in [9.17, 15) is 9.59 Å². The third-order valence-electron chi connectivity index (χ3n) is 1.29. The summed E-state index contributed by atoms with van der Waals surface area (Å²) in [4.78, 5) is 22.0. The van der Waals surface area contributed by atoms with E-state index in [2.05, 4.69) is 15.5 Å². The second-order valence-corrected chi connectivity index (χ2v) is 2.46. The van der Waals surface area contributed by atoms with Crippen molar-refractivity contribution < 1.29 is 9.59 Å². The van der Waals surface area contributed by atoms with Crippen LogP contribution in [0.2, 0.25) is 0 Å². The van der Waals surface area contributed by atoms with Crippen molar-refractivity contribution in [1.29, 1.82) is 0 Å². The molecule has 70 valence electrons. The molecular formula is C7H10N4O2. The molecule has 1 heterocycles. The molecule has 1 N–H and O–H groups in total. The molecule has 0 aliphatic rings. The molecule has 0 bridgehead atoms. The van der Waals surface area contributed by atoms with E-state index >= 15 is 0 Å². The number of aldehydes is 1. The Morgan fingerprint density at radius 3 is 3.15 bits per heavy atom. The maximum Gasteiger partial charge on any atom is 0.222 e. The van der Waals surface area contributed by atoms with E-state index in [1.165, 1.54) is 17.9 Å². The first-order valence-corrected chi connectivity index (χ1v) is 3.83. The molecule has 0 radical (unpaired) electrons. The van der Waals surface area contributed by atoms with Gasteiger partial charge in [0.2, 0.25) is 5.91 Å². The van der Waals surface area contributed by atoms with Crippen LogP contribution in [0, 0.1) is 0 Å². The number of nitrogens with zero attached hydrogens (tertiary/aromatic N) is 3. The highest BCUT2D eigenvalue weighted by Crippen LogP contribution is 1.98. The van der Waals surface area contributed by atoms with Crippen LogP contribution < -0.4 is 5.32 Å². The fraction of sp³-hybridized carbons (Fsp3) is 0.429. The fourth-order valence-corrected chi connectivity index (χ4v) is 0.811. The number of anilines is 1. The molecule has 1 rings (SSSR count). The van der Waals surface area contributed by atoms with E-state index in [0.29, 0.717) is 18.8 Å². The first kappa shape index (κ1) is 9.37. The molecule has 6 nitrogen and oxygen atoms in total. The highest BCUT2D eigenvalue weighted by molar-refractivity contribution is 5.87. The number of nitrogens with one attached hydrogen (secondary N) is 1. The summed E-state index contributed by atoms with van der Waals surface area (Å²) in [6.45, 7) is 1.83. The first-order valence-electron chi connectivity index (χ1n) is 3.83. The minimum Gasteiger partial charge on any atom is -0.308 e. The predicted molar refractivity (Wildman–Crippen MR) is 45.0 cm³/mol. The van der Waals surface area contributed by atoms with Gasteiger partial charge < -0.3 is 10.1 Å². The fourth-order valence-electron chi connectivity index (χ4n) is 0.811. The molecule has 1 aromatic heterocycles. The maximum absolute atomic E-state index is 10.6. The van der Waals surface area contributed by atoms with Gasteiger partial charge in [-0.15, -0.1) is 5.10 Å². The number of carbonyl (C=O) groups excluding carboxylic acids is 2. The third kappa shape index (κ3) is 3.02. The highest BCUT2D eigenvalue weighted by Gasteiger charge is 2.00. The average Bonchev–Trinajstić information content (AvgIpc) is 2.48. The van der Waals surface area contributed by atoms with Crippen molar-refractivity contribution >= 4 is 18.0 Å². The zero-order valence-electron chi connectivity index (χ0n) is 7.23. The average molecular weight is 182 g/mol. The number of hydrogen-bond donors (Lipinski definition) is 1. The van der Waals surface area contributed by atoms with E-state index < -0.39 is 0 Å². The summed E-state index contributed by atoms with van der Waals surface area (Å²) in [5.41, 5.74) is 0. The maximum atomic E-state index is 10.6. The van der Waals surface area contributed by atoms with Crippen LogP contribution >= 0.6 is 0 Å². The Bertz CT molecular complexity index is 307. The van der Waals surface area contributed by atoms with Gasteiger partial charge in [0.25, 0.3) is 0 Å². The van der Waals surface area contributed by atoms with Gasteiger partial charge in [-0.2, -0.15) is 9.90 Å².